The van der Waals surface area contributed by atoms with Crippen molar-refractivity contribution in [3.05, 3.63) is 66.4 Å². The standard InChI is InChI=1S/C17H15NO2/c1-12(19)15-7-9-17(18-11-15)20-16-8-6-13-4-2-3-5-14(13)10-16/h2-12,19H,1H3/t12-/m1/s1. The van der Waals surface area contributed by atoms with Crippen LogP contribution in [0.2, 0.25) is 0 Å². The SMILES string of the molecule is C[C@@H](O)c1ccc(Oc2ccc3ccccc3c2)nc1. The molecule has 3 heteroatoms. The van der Waals surface area contributed by atoms with Gasteiger partial charge in [0.05, 0.1) is 6.10 Å². The lowest BCUT2D eigenvalue weighted by Gasteiger charge is -2.08. The Hall–Kier alpha value is -2.39. The number of hydrogen-bond acceptors (Lipinski definition) is 3. The molecule has 0 radical (unpaired) electrons. The average Bonchev–Trinajstić information content (AvgIpc) is 2.48. The van der Waals surface area contributed by atoms with E-state index < -0.39 is 6.10 Å². The predicted octanol–water partition coefficient (Wildman–Crippen LogP) is 4.08. The van der Waals surface area contributed by atoms with E-state index in [0.717, 1.165) is 16.7 Å². The normalized spacial score (nSPS) is 12.3. The van der Waals surface area contributed by atoms with Gasteiger partial charge in [0.2, 0.25) is 5.88 Å². The number of fused-ring (bicyclic) bond motifs is 1. The lowest BCUT2D eigenvalue weighted by atomic mass is 10.1. The Morgan fingerprint density at radius 1 is 1.00 bits per heavy atom. The summed E-state index contributed by atoms with van der Waals surface area (Å²) in [6.45, 7) is 1.71. The van der Waals surface area contributed by atoms with E-state index in [9.17, 15) is 5.11 Å². The van der Waals surface area contributed by atoms with Crippen molar-refractivity contribution in [2.75, 3.05) is 0 Å². The molecule has 0 saturated heterocycles. The first-order chi connectivity index (χ1) is 9.72. The molecule has 0 spiro atoms. The highest BCUT2D eigenvalue weighted by Crippen LogP contribution is 2.25. The molecular formula is C17H15NO2. The molecule has 2 aromatic carbocycles. The zero-order valence-electron chi connectivity index (χ0n) is 11.2. The fourth-order valence-electron chi connectivity index (χ4n) is 2.05. The van der Waals surface area contributed by atoms with E-state index in [-0.39, 0.29) is 0 Å². The molecule has 3 nitrogen and oxygen atoms in total. The minimum Gasteiger partial charge on any atom is -0.439 e. The van der Waals surface area contributed by atoms with Crippen LogP contribution in [0.25, 0.3) is 10.8 Å². The maximum Gasteiger partial charge on any atom is 0.219 e. The highest BCUT2D eigenvalue weighted by molar-refractivity contribution is 5.83. The van der Waals surface area contributed by atoms with Gasteiger partial charge >= 0.3 is 0 Å². The van der Waals surface area contributed by atoms with Gasteiger partial charge in [-0.05, 0) is 41.5 Å². The second-order valence-corrected chi connectivity index (χ2v) is 4.72. The van der Waals surface area contributed by atoms with Crippen LogP contribution in [0.15, 0.2) is 60.8 Å². The van der Waals surface area contributed by atoms with Crippen molar-refractivity contribution in [2.45, 2.75) is 13.0 Å². The zero-order chi connectivity index (χ0) is 13.9. The summed E-state index contributed by atoms with van der Waals surface area (Å²) in [7, 11) is 0. The van der Waals surface area contributed by atoms with Crippen LogP contribution in [0, 0.1) is 0 Å². The zero-order valence-corrected chi connectivity index (χ0v) is 11.2. The second kappa shape index (κ2) is 5.31. The maximum atomic E-state index is 9.44. The van der Waals surface area contributed by atoms with E-state index in [4.69, 9.17) is 4.74 Å². The minimum absolute atomic E-state index is 0.516. The second-order valence-electron chi connectivity index (χ2n) is 4.72. The fourth-order valence-corrected chi connectivity index (χ4v) is 2.05. The van der Waals surface area contributed by atoms with E-state index >= 15 is 0 Å². The monoisotopic (exact) mass is 265 g/mol. The fraction of sp³-hybridized carbons (Fsp3) is 0.118. The van der Waals surface area contributed by atoms with Gasteiger partial charge in [-0.15, -0.1) is 0 Å². The van der Waals surface area contributed by atoms with Crippen molar-refractivity contribution in [1.82, 2.24) is 4.98 Å². The molecule has 1 aromatic heterocycles. The van der Waals surface area contributed by atoms with Crippen molar-refractivity contribution in [2.24, 2.45) is 0 Å². The van der Waals surface area contributed by atoms with Gasteiger partial charge in [0.1, 0.15) is 5.75 Å². The van der Waals surface area contributed by atoms with Crippen LogP contribution in [-0.2, 0) is 0 Å². The van der Waals surface area contributed by atoms with E-state index in [1.807, 2.05) is 42.5 Å². The van der Waals surface area contributed by atoms with E-state index in [1.54, 1.807) is 19.2 Å². The Kier molecular flexibility index (Phi) is 3.35. The largest absolute Gasteiger partial charge is 0.439 e. The predicted molar refractivity (Wildman–Crippen MR) is 78.9 cm³/mol. The van der Waals surface area contributed by atoms with Crippen LogP contribution in [0.3, 0.4) is 0 Å². The first-order valence-corrected chi connectivity index (χ1v) is 6.53. The molecule has 1 N–H and O–H groups in total. The van der Waals surface area contributed by atoms with Gasteiger partial charge in [-0.1, -0.05) is 30.3 Å². The Balaban J connectivity index is 1.85. The van der Waals surface area contributed by atoms with Crippen molar-refractivity contribution in [3.8, 4) is 11.6 Å². The summed E-state index contributed by atoms with van der Waals surface area (Å²) >= 11 is 0. The van der Waals surface area contributed by atoms with Crippen molar-refractivity contribution < 1.29 is 9.84 Å². The quantitative estimate of drug-likeness (QED) is 0.775. The summed E-state index contributed by atoms with van der Waals surface area (Å²) in [4.78, 5) is 4.19. The molecule has 0 amide bonds. The molecular weight excluding hydrogens is 250 g/mol. The Bertz CT molecular complexity index is 720. The number of pyridine rings is 1. The molecule has 0 saturated carbocycles. The third kappa shape index (κ3) is 2.63. The van der Waals surface area contributed by atoms with E-state index in [2.05, 4.69) is 11.1 Å². The number of hydrogen-bond donors (Lipinski definition) is 1. The summed E-state index contributed by atoms with van der Waals surface area (Å²) in [5.74, 6) is 1.27. The molecule has 1 atom stereocenters. The van der Waals surface area contributed by atoms with Crippen LogP contribution < -0.4 is 4.74 Å². The minimum atomic E-state index is -0.516. The highest BCUT2D eigenvalue weighted by atomic mass is 16.5. The van der Waals surface area contributed by atoms with Gasteiger partial charge in [-0.2, -0.15) is 0 Å². The first-order valence-electron chi connectivity index (χ1n) is 6.53. The van der Waals surface area contributed by atoms with Gasteiger partial charge in [0.15, 0.2) is 0 Å². The van der Waals surface area contributed by atoms with Crippen LogP contribution >= 0.6 is 0 Å². The maximum absolute atomic E-state index is 9.44. The molecule has 20 heavy (non-hydrogen) atoms. The molecule has 3 aromatic rings. The summed E-state index contributed by atoms with van der Waals surface area (Å²) in [5, 5.41) is 11.8. The van der Waals surface area contributed by atoms with E-state index in [1.165, 1.54) is 5.39 Å². The molecule has 100 valence electrons. The summed E-state index contributed by atoms with van der Waals surface area (Å²) in [6.07, 6.45) is 1.11. The molecule has 0 bridgehead atoms. The Labute approximate surface area is 117 Å². The van der Waals surface area contributed by atoms with Crippen molar-refractivity contribution in [3.63, 3.8) is 0 Å². The van der Waals surface area contributed by atoms with Crippen LogP contribution in [0.4, 0.5) is 0 Å². The van der Waals surface area contributed by atoms with Gasteiger partial charge < -0.3 is 9.84 Å². The van der Waals surface area contributed by atoms with Crippen LogP contribution in [0.5, 0.6) is 11.6 Å². The average molecular weight is 265 g/mol. The summed E-state index contributed by atoms with van der Waals surface area (Å²) in [6, 6.07) is 17.6. The third-order valence-corrected chi connectivity index (χ3v) is 3.18. The lowest BCUT2D eigenvalue weighted by Crippen LogP contribution is -1.93. The number of nitrogens with zero attached hydrogens (tertiary/aromatic N) is 1. The molecule has 0 aliphatic carbocycles. The van der Waals surface area contributed by atoms with Gasteiger partial charge in [-0.25, -0.2) is 4.98 Å². The van der Waals surface area contributed by atoms with Crippen LogP contribution in [-0.4, -0.2) is 10.1 Å². The smallest absolute Gasteiger partial charge is 0.219 e. The number of benzene rings is 2. The first kappa shape index (κ1) is 12.6. The Morgan fingerprint density at radius 2 is 1.80 bits per heavy atom. The molecule has 3 rings (SSSR count). The van der Waals surface area contributed by atoms with Gasteiger partial charge in [0.25, 0.3) is 0 Å². The number of aromatic nitrogens is 1. The number of ether oxygens (including phenoxy) is 1. The molecule has 1 heterocycles. The summed E-state index contributed by atoms with van der Waals surface area (Å²) < 4.78 is 5.73. The molecule has 0 aliphatic rings. The number of aliphatic hydroxyl groups is 1. The topological polar surface area (TPSA) is 42.4 Å². The van der Waals surface area contributed by atoms with Crippen molar-refractivity contribution >= 4 is 10.8 Å². The third-order valence-electron chi connectivity index (χ3n) is 3.18. The number of rotatable bonds is 3. The van der Waals surface area contributed by atoms with Crippen LogP contribution in [0.1, 0.15) is 18.6 Å². The molecule has 0 fully saturated rings. The van der Waals surface area contributed by atoms with Gasteiger partial charge in [-0.3, -0.25) is 0 Å². The Morgan fingerprint density at radius 3 is 2.50 bits per heavy atom. The molecule has 0 unspecified atom stereocenters. The van der Waals surface area contributed by atoms with Crippen molar-refractivity contribution in [1.29, 1.82) is 0 Å². The number of aliphatic hydroxyl groups excluding tert-OH is 1. The van der Waals surface area contributed by atoms with E-state index in [0.29, 0.717) is 5.88 Å². The molecule has 0 aliphatic heterocycles. The lowest BCUT2D eigenvalue weighted by molar-refractivity contribution is 0.198. The summed E-state index contributed by atoms with van der Waals surface area (Å²) in [5.41, 5.74) is 0.774. The van der Waals surface area contributed by atoms with Gasteiger partial charge in [0, 0.05) is 12.3 Å². The highest BCUT2D eigenvalue weighted by Gasteiger charge is 2.03.